The van der Waals surface area contributed by atoms with Crippen molar-refractivity contribution in [3.8, 4) is 5.88 Å². The minimum Gasteiger partial charge on any atom is -0.494 e. The fraction of sp³-hybridized carbons (Fsp3) is 0.565. The third kappa shape index (κ3) is 4.03. The summed E-state index contributed by atoms with van der Waals surface area (Å²) in [7, 11) is 0. The number of amides is 2. The van der Waals surface area contributed by atoms with Gasteiger partial charge in [0.05, 0.1) is 6.20 Å². The van der Waals surface area contributed by atoms with Crippen molar-refractivity contribution in [1.82, 2.24) is 24.4 Å². The Balaban J connectivity index is 1.77. The van der Waals surface area contributed by atoms with Crippen molar-refractivity contribution in [1.29, 1.82) is 0 Å². The lowest BCUT2D eigenvalue weighted by molar-refractivity contribution is -0.128. The number of nitrogens with zero attached hydrogens (tertiary/aromatic N) is 4. The highest BCUT2D eigenvalue weighted by Crippen LogP contribution is 2.29. The number of carbonyl (C=O) groups is 2. The summed E-state index contributed by atoms with van der Waals surface area (Å²) in [6.07, 6.45) is 8.25. The Hall–Kier alpha value is -3.10. The minimum absolute atomic E-state index is 0.0486. The molecule has 3 heterocycles. The number of carbonyl (C=O) groups excluding carboxylic acids is 2. The van der Waals surface area contributed by atoms with Crippen LogP contribution in [0.2, 0.25) is 0 Å². The molecule has 9 nitrogen and oxygen atoms in total. The predicted octanol–water partition coefficient (Wildman–Crippen LogP) is 2.16. The van der Waals surface area contributed by atoms with Crippen LogP contribution in [0.5, 0.6) is 5.88 Å². The summed E-state index contributed by atoms with van der Waals surface area (Å²) in [6.45, 7) is 9.13. The zero-order valence-corrected chi connectivity index (χ0v) is 19.1. The molecular formula is C23H31N5O4. The first-order valence-corrected chi connectivity index (χ1v) is 11.2. The first-order chi connectivity index (χ1) is 15.1. The number of aromatic hydroxyl groups is 1. The summed E-state index contributed by atoms with van der Waals surface area (Å²) in [5, 5.41) is 17.9. The zero-order chi connectivity index (χ0) is 23.2. The van der Waals surface area contributed by atoms with E-state index in [2.05, 4.69) is 10.4 Å². The Morgan fingerprint density at radius 1 is 1.34 bits per heavy atom. The molecule has 0 unspecified atom stereocenters. The molecule has 0 spiro atoms. The van der Waals surface area contributed by atoms with Gasteiger partial charge in [-0.25, -0.2) is 0 Å². The quantitative estimate of drug-likeness (QED) is 0.668. The maximum absolute atomic E-state index is 13.0. The Morgan fingerprint density at radius 3 is 2.66 bits per heavy atom. The van der Waals surface area contributed by atoms with Crippen molar-refractivity contribution in [3.63, 3.8) is 0 Å². The van der Waals surface area contributed by atoms with Crippen LogP contribution in [-0.2, 0) is 11.3 Å². The van der Waals surface area contributed by atoms with Crippen molar-refractivity contribution >= 4 is 23.5 Å². The molecule has 2 N–H and O–H groups in total. The molecule has 2 fully saturated rings. The highest BCUT2D eigenvalue weighted by Gasteiger charge is 2.34. The molecule has 9 heteroatoms. The Labute approximate surface area is 186 Å². The Kier molecular flexibility index (Phi) is 5.60. The van der Waals surface area contributed by atoms with E-state index in [4.69, 9.17) is 0 Å². The number of hydrogen-bond donors (Lipinski definition) is 2. The van der Waals surface area contributed by atoms with Crippen LogP contribution in [0.4, 0.5) is 0 Å². The molecule has 0 aromatic carbocycles. The zero-order valence-electron chi connectivity index (χ0n) is 19.1. The van der Waals surface area contributed by atoms with Gasteiger partial charge in [-0.05, 0) is 51.5 Å². The molecule has 1 aliphatic heterocycles. The molecule has 0 atom stereocenters. The molecule has 0 bridgehead atoms. The predicted molar refractivity (Wildman–Crippen MR) is 121 cm³/mol. The lowest BCUT2D eigenvalue weighted by Gasteiger charge is -2.30. The molecule has 2 amide bonds. The van der Waals surface area contributed by atoms with Crippen molar-refractivity contribution in [2.45, 2.75) is 71.5 Å². The van der Waals surface area contributed by atoms with E-state index >= 15 is 0 Å². The summed E-state index contributed by atoms with van der Waals surface area (Å²) in [6, 6.07) is 0.0486. The van der Waals surface area contributed by atoms with Crippen LogP contribution in [0.15, 0.2) is 17.1 Å². The molecule has 2 aliphatic rings. The summed E-state index contributed by atoms with van der Waals surface area (Å²) < 4.78 is 2.67. The fourth-order valence-corrected chi connectivity index (χ4v) is 4.32. The molecule has 2 aromatic heterocycles. The molecule has 1 saturated heterocycles. The fourth-order valence-electron chi connectivity index (χ4n) is 4.32. The molecule has 1 aliphatic carbocycles. The topological polar surface area (TPSA) is 109 Å². The van der Waals surface area contributed by atoms with Crippen LogP contribution in [0.3, 0.4) is 0 Å². The number of aromatic nitrogens is 3. The number of rotatable bonds is 6. The van der Waals surface area contributed by atoms with Crippen molar-refractivity contribution < 1.29 is 14.7 Å². The maximum Gasteiger partial charge on any atom is 0.291 e. The van der Waals surface area contributed by atoms with Gasteiger partial charge in [-0.2, -0.15) is 9.61 Å². The summed E-state index contributed by atoms with van der Waals surface area (Å²) in [5.74, 6) is -0.940. The molecular weight excluding hydrogens is 410 g/mol. The van der Waals surface area contributed by atoms with Crippen molar-refractivity contribution in [2.75, 3.05) is 6.54 Å². The average molecular weight is 442 g/mol. The van der Waals surface area contributed by atoms with Gasteiger partial charge in [-0.3, -0.25) is 19.0 Å². The van der Waals surface area contributed by atoms with E-state index < -0.39 is 11.5 Å². The monoisotopic (exact) mass is 441 g/mol. The van der Waals surface area contributed by atoms with Crippen LogP contribution in [0.1, 0.15) is 69.3 Å². The Bertz CT molecular complexity index is 1150. The number of likely N-dealkylation sites (tertiary alicyclic amines) is 1. The maximum atomic E-state index is 13.0. The number of fused-ring (bicyclic) bond motifs is 1. The van der Waals surface area contributed by atoms with E-state index in [0.29, 0.717) is 24.3 Å². The normalized spacial score (nSPS) is 18.2. The van der Waals surface area contributed by atoms with Crippen LogP contribution < -0.4 is 10.9 Å². The smallest absolute Gasteiger partial charge is 0.291 e. The van der Waals surface area contributed by atoms with Gasteiger partial charge in [0, 0.05) is 36.3 Å². The van der Waals surface area contributed by atoms with Crippen molar-refractivity contribution in [3.05, 3.63) is 33.8 Å². The second kappa shape index (κ2) is 8.11. The summed E-state index contributed by atoms with van der Waals surface area (Å²) >= 11 is 0. The Morgan fingerprint density at radius 2 is 2.06 bits per heavy atom. The standard InChI is InChI=1S/C23H31N5O4/c1-14(2)13-26-20-15(6-9-17(29)27-11-5-10-23(27,3)4)12-24-28(20)22(32)18(21(26)31)19(30)25-16-7-8-16/h6,9,12,14,16,31H,5,7-8,10-11,13H2,1-4H3,(H,25,30)/b9-6+. The SMILES string of the molecule is CC(C)Cn1c(O)c(C(=O)NC2CC2)c(=O)n2ncc(/C=C/C(=O)N3CCCC3(C)C)c12. The van der Waals surface area contributed by atoms with Gasteiger partial charge in [0.2, 0.25) is 11.8 Å². The van der Waals surface area contributed by atoms with Crippen LogP contribution in [0.25, 0.3) is 11.7 Å². The van der Waals surface area contributed by atoms with Crippen molar-refractivity contribution in [2.24, 2.45) is 5.92 Å². The lowest BCUT2D eigenvalue weighted by Crippen LogP contribution is -2.41. The van der Waals surface area contributed by atoms with Crippen LogP contribution in [0, 0.1) is 5.92 Å². The summed E-state index contributed by atoms with van der Waals surface area (Å²) in [4.78, 5) is 40.3. The first-order valence-electron chi connectivity index (χ1n) is 11.2. The van der Waals surface area contributed by atoms with E-state index in [1.54, 1.807) is 6.08 Å². The average Bonchev–Trinajstić information content (AvgIpc) is 3.29. The molecule has 32 heavy (non-hydrogen) atoms. The molecule has 1 saturated carbocycles. The molecule has 4 rings (SSSR count). The largest absolute Gasteiger partial charge is 0.494 e. The van der Waals surface area contributed by atoms with Crippen LogP contribution >= 0.6 is 0 Å². The van der Waals surface area contributed by atoms with Gasteiger partial charge >= 0.3 is 0 Å². The minimum atomic E-state index is -0.678. The van der Waals surface area contributed by atoms with E-state index in [-0.39, 0.29) is 34.8 Å². The van der Waals surface area contributed by atoms with E-state index in [0.717, 1.165) is 30.2 Å². The van der Waals surface area contributed by atoms with Gasteiger partial charge in [0.25, 0.3) is 11.5 Å². The number of hydrogen-bond acceptors (Lipinski definition) is 5. The number of nitrogens with one attached hydrogen (secondary N) is 1. The van der Waals surface area contributed by atoms with Crippen LogP contribution in [-0.4, -0.2) is 54.1 Å². The third-order valence-corrected chi connectivity index (χ3v) is 6.17. The van der Waals surface area contributed by atoms with E-state index in [1.807, 2.05) is 32.6 Å². The summed E-state index contributed by atoms with van der Waals surface area (Å²) in [5.41, 5.74) is -0.294. The van der Waals surface area contributed by atoms with Gasteiger partial charge in [0.1, 0.15) is 5.65 Å². The van der Waals surface area contributed by atoms with E-state index in [9.17, 15) is 19.5 Å². The van der Waals surface area contributed by atoms with Gasteiger partial charge in [-0.15, -0.1) is 0 Å². The lowest BCUT2D eigenvalue weighted by atomic mass is 10.0. The molecule has 2 aromatic rings. The first kappa shape index (κ1) is 22.1. The second-order valence-electron chi connectivity index (χ2n) is 9.83. The van der Waals surface area contributed by atoms with Gasteiger partial charge < -0.3 is 15.3 Å². The second-order valence-corrected chi connectivity index (χ2v) is 9.83. The molecule has 0 radical (unpaired) electrons. The van der Waals surface area contributed by atoms with Gasteiger partial charge in [-0.1, -0.05) is 13.8 Å². The van der Waals surface area contributed by atoms with Gasteiger partial charge in [0.15, 0.2) is 5.56 Å². The molecule has 172 valence electrons. The third-order valence-electron chi connectivity index (χ3n) is 6.17. The van der Waals surface area contributed by atoms with E-state index in [1.165, 1.54) is 16.8 Å². The highest BCUT2D eigenvalue weighted by molar-refractivity contribution is 5.97. The highest BCUT2D eigenvalue weighted by atomic mass is 16.3.